The number of halogens is 1. The van der Waals surface area contributed by atoms with E-state index in [4.69, 9.17) is 4.74 Å². The lowest BCUT2D eigenvalue weighted by Crippen LogP contribution is -2.25. The van der Waals surface area contributed by atoms with E-state index in [1.165, 1.54) is 11.3 Å². The molecule has 2 rings (SSSR count). The average molecular weight is 340 g/mol. The molecule has 2 aromatic rings. The van der Waals surface area contributed by atoms with Crippen LogP contribution in [0.1, 0.15) is 15.9 Å². The van der Waals surface area contributed by atoms with Crippen LogP contribution in [0.25, 0.3) is 0 Å². The molecule has 100 valence electrons. The van der Waals surface area contributed by atoms with Gasteiger partial charge in [0.15, 0.2) is 0 Å². The molecule has 0 radical (unpaired) electrons. The first kappa shape index (κ1) is 14.1. The monoisotopic (exact) mass is 339 g/mol. The van der Waals surface area contributed by atoms with Gasteiger partial charge in [0.05, 0.1) is 16.5 Å². The molecular formula is C14H14BrNO2S. The van der Waals surface area contributed by atoms with Crippen LogP contribution in [0.5, 0.6) is 5.75 Å². The first-order valence-corrected chi connectivity index (χ1v) is 7.40. The summed E-state index contributed by atoms with van der Waals surface area (Å²) >= 11 is 4.88. The predicted molar refractivity (Wildman–Crippen MR) is 80.8 cm³/mol. The molecule has 3 nitrogen and oxygen atoms in total. The van der Waals surface area contributed by atoms with Crippen molar-refractivity contribution in [3.8, 4) is 5.75 Å². The Hall–Kier alpha value is -1.33. The highest BCUT2D eigenvalue weighted by atomic mass is 79.9. The van der Waals surface area contributed by atoms with Crippen molar-refractivity contribution in [1.82, 2.24) is 4.90 Å². The Morgan fingerprint density at radius 2 is 2.21 bits per heavy atom. The Morgan fingerprint density at radius 1 is 1.42 bits per heavy atom. The predicted octanol–water partition coefficient (Wildman–Crippen LogP) is 3.79. The van der Waals surface area contributed by atoms with Crippen molar-refractivity contribution in [3.05, 3.63) is 50.6 Å². The van der Waals surface area contributed by atoms with E-state index in [1.54, 1.807) is 19.1 Å². The first-order valence-electron chi connectivity index (χ1n) is 5.72. The summed E-state index contributed by atoms with van der Waals surface area (Å²) in [4.78, 5) is 13.9. The van der Waals surface area contributed by atoms with Crippen LogP contribution in [-0.2, 0) is 6.54 Å². The molecule has 0 unspecified atom stereocenters. The number of carbonyl (C=O) groups is 1. The SMILES string of the molecule is COc1cccc(CN(C)C(=O)c2csc(Br)c2)c1. The van der Waals surface area contributed by atoms with Gasteiger partial charge >= 0.3 is 0 Å². The summed E-state index contributed by atoms with van der Waals surface area (Å²) in [5, 5.41) is 1.86. The molecule has 1 aromatic carbocycles. The minimum atomic E-state index is 0.0183. The van der Waals surface area contributed by atoms with Crippen molar-refractivity contribution in [2.45, 2.75) is 6.54 Å². The number of carbonyl (C=O) groups excluding carboxylic acids is 1. The number of nitrogens with zero attached hydrogens (tertiary/aromatic N) is 1. The van der Waals surface area contributed by atoms with Gasteiger partial charge in [-0.1, -0.05) is 12.1 Å². The third kappa shape index (κ3) is 3.58. The fourth-order valence-electron chi connectivity index (χ4n) is 1.76. The molecule has 5 heteroatoms. The van der Waals surface area contributed by atoms with Gasteiger partial charge in [0.2, 0.25) is 0 Å². The van der Waals surface area contributed by atoms with E-state index < -0.39 is 0 Å². The smallest absolute Gasteiger partial charge is 0.254 e. The third-order valence-corrected chi connectivity index (χ3v) is 4.22. The number of ether oxygens (including phenoxy) is 1. The van der Waals surface area contributed by atoms with Gasteiger partial charge in [0.25, 0.3) is 5.91 Å². The van der Waals surface area contributed by atoms with Crippen LogP contribution in [0, 0.1) is 0 Å². The number of benzene rings is 1. The summed E-state index contributed by atoms with van der Waals surface area (Å²) in [5.41, 5.74) is 1.76. The second kappa shape index (κ2) is 6.21. The van der Waals surface area contributed by atoms with E-state index in [1.807, 2.05) is 35.7 Å². The van der Waals surface area contributed by atoms with Crippen molar-refractivity contribution in [3.63, 3.8) is 0 Å². The molecule has 0 fully saturated rings. The van der Waals surface area contributed by atoms with Gasteiger partial charge in [-0.25, -0.2) is 0 Å². The van der Waals surface area contributed by atoms with Crippen molar-refractivity contribution in [2.75, 3.05) is 14.2 Å². The van der Waals surface area contributed by atoms with Crippen molar-refractivity contribution >= 4 is 33.2 Å². The van der Waals surface area contributed by atoms with E-state index in [0.717, 1.165) is 15.1 Å². The van der Waals surface area contributed by atoms with Crippen LogP contribution in [0.2, 0.25) is 0 Å². The van der Waals surface area contributed by atoms with Gasteiger partial charge in [-0.05, 0) is 39.7 Å². The summed E-state index contributed by atoms with van der Waals surface area (Å²) in [5.74, 6) is 0.821. The van der Waals surface area contributed by atoms with E-state index in [2.05, 4.69) is 15.9 Å². The highest BCUT2D eigenvalue weighted by molar-refractivity contribution is 9.11. The molecule has 19 heavy (non-hydrogen) atoms. The van der Waals surface area contributed by atoms with Crippen LogP contribution in [0.15, 0.2) is 39.5 Å². The molecule has 0 bridgehead atoms. The number of thiophene rings is 1. The van der Waals surface area contributed by atoms with Crippen LogP contribution in [0.4, 0.5) is 0 Å². The summed E-state index contributed by atoms with van der Waals surface area (Å²) in [7, 11) is 3.43. The molecule has 0 N–H and O–H groups in total. The minimum Gasteiger partial charge on any atom is -0.497 e. The molecule has 0 saturated carbocycles. The maximum atomic E-state index is 12.2. The van der Waals surface area contributed by atoms with Crippen molar-refractivity contribution in [1.29, 1.82) is 0 Å². The molecule has 0 saturated heterocycles. The highest BCUT2D eigenvalue weighted by Gasteiger charge is 2.13. The molecule has 0 atom stereocenters. The molecule has 0 aliphatic rings. The van der Waals surface area contributed by atoms with E-state index in [0.29, 0.717) is 12.1 Å². The number of amides is 1. The summed E-state index contributed by atoms with van der Waals surface area (Å²) < 4.78 is 6.14. The van der Waals surface area contributed by atoms with Gasteiger partial charge in [0.1, 0.15) is 5.75 Å². The quantitative estimate of drug-likeness (QED) is 0.847. The largest absolute Gasteiger partial charge is 0.497 e. The number of rotatable bonds is 4. The maximum absolute atomic E-state index is 12.2. The van der Waals surface area contributed by atoms with E-state index in [-0.39, 0.29) is 5.91 Å². The maximum Gasteiger partial charge on any atom is 0.254 e. The van der Waals surface area contributed by atoms with Crippen LogP contribution >= 0.6 is 27.3 Å². The molecule has 0 aliphatic carbocycles. The molecule has 1 amide bonds. The fraction of sp³-hybridized carbons (Fsp3) is 0.214. The van der Waals surface area contributed by atoms with Crippen molar-refractivity contribution in [2.24, 2.45) is 0 Å². The molecule has 0 aliphatic heterocycles. The van der Waals surface area contributed by atoms with Gasteiger partial charge in [0, 0.05) is 19.0 Å². The Bertz CT molecular complexity index is 582. The average Bonchev–Trinajstić information content (AvgIpc) is 2.84. The first-order chi connectivity index (χ1) is 9.10. The van der Waals surface area contributed by atoms with Crippen LogP contribution < -0.4 is 4.74 Å². The van der Waals surface area contributed by atoms with Crippen LogP contribution in [-0.4, -0.2) is 25.0 Å². The third-order valence-electron chi connectivity index (χ3n) is 2.72. The lowest BCUT2D eigenvalue weighted by atomic mass is 10.2. The summed E-state index contributed by atoms with van der Waals surface area (Å²) in [6.45, 7) is 0.559. The number of hydrogen-bond donors (Lipinski definition) is 0. The molecule has 1 aromatic heterocycles. The lowest BCUT2D eigenvalue weighted by Gasteiger charge is -2.17. The molecule has 0 spiro atoms. The molecular weight excluding hydrogens is 326 g/mol. The summed E-state index contributed by atoms with van der Waals surface area (Å²) in [6.07, 6.45) is 0. The van der Waals surface area contributed by atoms with Crippen molar-refractivity contribution < 1.29 is 9.53 Å². The number of methoxy groups -OCH3 is 1. The second-order valence-corrected chi connectivity index (χ2v) is 6.44. The van der Waals surface area contributed by atoms with E-state index in [9.17, 15) is 4.79 Å². The Morgan fingerprint density at radius 3 is 2.84 bits per heavy atom. The Labute approximate surface area is 124 Å². The highest BCUT2D eigenvalue weighted by Crippen LogP contribution is 2.22. The normalized spacial score (nSPS) is 10.3. The van der Waals surface area contributed by atoms with E-state index >= 15 is 0 Å². The van der Waals surface area contributed by atoms with Gasteiger partial charge < -0.3 is 9.64 Å². The zero-order valence-electron chi connectivity index (χ0n) is 10.7. The Balaban J connectivity index is 2.07. The second-order valence-electron chi connectivity index (χ2n) is 4.15. The standard InChI is InChI=1S/C14H14BrNO2S/c1-16(14(17)11-7-13(15)19-9-11)8-10-4-3-5-12(6-10)18-2/h3-7,9H,8H2,1-2H3. The zero-order valence-corrected chi connectivity index (χ0v) is 13.1. The fourth-order valence-corrected chi connectivity index (χ4v) is 2.89. The Kier molecular flexibility index (Phi) is 4.61. The molecule has 1 heterocycles. The number of hydrogen-bond acceptors (Lipinski definition) is 3. The topological polar surface area (TPSA) is 29.5 Å². The summed E-state index contributed by atoms with van der Waals surface area (Å²) in [6, 6.07) is 9.58. The zero-order chi connectivity index (χ0) is 13.8. The van der Waals surface area contributed by atoms with Gasteiger partial charge in [-0.3, -0.25) is 4.79 Å². The van der Waals surface area contributed by atoms with Gasteiger partial charge in [-0.2, -0.15) is 0 Å². The minimum absolute atomic E-state index is 0.0183. The van der Waals surface area contributed by atoms with Gasteiger partial charge in [-0.15, -0.1) is 11.3 Å². The lowest BCUT2D eigenvalue weighted by molar-refractivity contribution is 0.0785. The van der Waals surface area contributed by atoms with Crippen LogP contribution in [0.3, 0.4) is 0 Å².